The standard InChI is InChI=1S/C23H31NO5/c1-15-11-22(6,14-25)12-17-18(26)13-23(28-19(17)16(15)2)7-9-24(10-8-23)20(27)29-21(3,4)5/h11-12,14H,7-10,13H2,1-6H3. The van der Waals surface area contributed by atoms with Crippen LogP contribution in [0.15, 0.2) is 34.6 Å². The lowest BCUT2D eigenvalue weighted by Gasteiger charge is -2.45. The zero-order valence-electron chi connectivity index (χ0n) is 18.3. The first-order valence-electron chi connectivity index (χ1n) is 10.2. The number of amides is 1. The van der Waals surface area contributed by atoms with E-state index in [0.717, 1.165) is 17.4 Å². The molecule has 0 aromatic heterocycles. The van der Waals surface area contributed by atoms with Gasteiger partial charge in [0.1, 0.15) is 23.2 Å². The summed E-state index contributed by atoms with van der Waals surface area (Å²) in [5.41, 5.74) is 0.310. The molecule has 158 valence electrons. The zero-order chi connectivity index (χ0) is 21.6. The van der Waals surface area contributed by atoms with E-state index in [1.807, 2.05) is 40.7 Å². The number of fused-ring (bicyclic) bond motifs is 1. The van der Waals surface area contributed by atoms with E-state index in [9.17, 15) is 14.4 Å². The highest BCUT2D eigenvalue weighted by Gasteiger charge is 2.47. The van der Waals surface area contributed by atoms with Gasteiger partial charge >= 0.3 is 6.09 Å². The van der Waals surface area contributed by atoms with Crippen LogP contribution in [-0.4, -0.2) is 47.4 Å². The Morgan fingerprint density at radius 1 is 1.21 bits per heavy atom. The number of carbonyl (C=O) groups excluding carboxylic acids is 3. The first-order chi connectivity index (χ1) is 13.4. The van der Waals surface area contributed by atoms with Crippen molar-refractivity contribution < 1.29 is 23.9 Å². The fourth-order valence-electron chi connectivity index (χ4n) is 4.12. The Morgan fingerprint density at radius 3 is 2.38 bits per heavy atom. The lowest BCUT2D eigenvalue weighted by Crippen LogP contribution is -2.51. The van der Waals surface area contributed by atoms with Crippen molar-refractivity contribution in [2.45, 2.75) is 72.0 Å². The molecule has 0 N–H and O–H groups in total. The largest absolute Gasteiger partial charge is 0.486 e. The number of ether oxygens (including phenoxy) is 2. The van der Waals surface area contributed by atoms with Gasteiger partial charge in [0.2, 0.25) is 0 Å². The predicted octanol–water partition coefficient (Wildman–Crippen LogP) is 4.11. The summed E-state index contributed by atoms with van der Waals surface area (Å²) in [7, 11) is 0. The van der Waals surface area contributed by atoms with Gasteiger partial charge in [-0.05, 0) is 52.7 Å². The maximum absolute atomic E-state index is 13.1. The second-order valence-electron chi connectivity index (χ2n) is 9.68. The van der Waals surface area contributed by atoms with Gasteiger partial charge in [0.25, 0.3) is 0 Å². The third kappa shape index (κ3) is 4.31. The smallest absolute Gasteiger partial charge is 0.410 e. The van der Waals surface area contributed by atoms with Crippen LogP contribution in [-0.2, 0) is 19.1 Å². The Bertz CT molecular complexity index is 834. The summed E-state index contributed by atoms with van der Waals surface area (Å²) in [5.74, 6) is 0.568. The van der Waals surface area contributed by atoms with E-state index in [2.05, 4.69) is 0 Å². The SMILES string of the molecule is CC1=CC(C)(C=O)C=C2C(=O)CC3(CCN(C(=O)OC(C)(C)C)CC3)OC2=C1C. The van der Waals surface area contributed by atoms with Crippen molar-refractivity contribution in [3.63, 3.8) is 0 Å². The van der Waals surface area contributed by atoms with Crippen molar-refractivity contribution >= 4 is 18.2 Å². The van der Waals surface area contributed by atoms with Crippen molar-refractivity contribution in [2.24, 2.45) is 5.41 Å². The maximum Gasteiger partial charge on any atom is 0.410 e. The summed E-state index contributed by atoms with van der Waals surface area (Å²) in [5, 5.41) is 0. The Balaban J connectivity index is 1.83. The highest BCUT2D eigenvalue weighted by molar-refractivity contribution is 6.02. The summed E-state index contributed by atoms with van der Waals surface area (Å²) < 4.78 is 11.9. The van der Waals surface area contributed by atoms with E-state index in [-0.39, 0.29) is 18.3 Å². The molecule has 6 heteroatoms. The van der Waals surface area contributed by atoms with Gasteiger partial charge < -0.3 is 19.2 Å². The van der Waals surface area contributed by atoms with E-state index in [1.165, 1.54) is 0 Å². The monoisotopic (exact) mass is 401 g/mol. The zero-order valence-corrected chi connectivity index (χ0v) is 18.3. The Morgan fingerprint density at radius 2 is 1.83 bits per heavy atom. The summed E-state index contributed by atoms with van der Waals surface area (Å²) in [4.78, 5) is 38.8. The number of rotatable bonds is 1. The number of hydrogen-bond donors (Lipinski definition) is 0. The number of carbonyl (C=O) groups is 3. The van der Waals surface area contributed by atoms with Crippen molar-refractivity contribution in [1.29, 1.82) is 0 Å². The van der Waals surface area contributed by atoms with Crippen LogP contribution >= 0.6 is 0 Å². The van der Waals surface area contributed by atoms with Gasteiger partial charge in [-0.2, -0.15) is 0 Å². The lowest BCUT2D eigenvalue weighted by molar-refractivity contribution is -0.130. The number of likely N-dealkylation sites (tertiary alicyclic amines) is 1. The van der Waals surface area contributed by atoms with Gasteiger partial charge in [0, 0.05) is 25.9 Å². The van der Waals surface area contributed by atoms with Gasteiger partial charge in [0.15, 0.2) is 5.78 Å². The number of allylic oxidation sites excluding steroid dienone is 5. The molecule has 2 fully saturated rings. The van der Waals surface area contributed by atoms with Crippen LogP contribution in [0.5, 0.6) is 0 Å². The maximum atomic E-state index is 13.1. The minimum atomic E-state index is -0.827. The van der Waals surface area contributed by atoms with Gasteiger partial charge in [-0.15, -0.1) is 0 Å². The third-order valence-corrected chi connectivity index (χ3v) is 5.84. The Hall–Kier alpha value is -2.37. The van der Waals surface area contributed by atoms with E-state index in [0.29, 0.717) is 37.3 Å². The normalized spacial score (nSPS) is 26.8. The molecule has 0 radical (unpaired) electrons. The average Bonchev–Trinajstić information content (AvgIpc) is 2.71. The van der Waals surface area contributed by atoms with Crippen molar-refractivity contribution in [2.75, 3.05) is 13.1 Å². The molecule has 0 aromatic carbocycles. The quantitative estimate of drug-likeness (QED) is 0.618. The summed E-state index contributed by atoms with van der Waals surface area (Å²) in [6.07, 6.45) is 5.51. The van der Waals surface area contributed by atoms with E-state index in [1.54, 1.807) is 17.9 Å². The predicted molar refractivity (Wildman–Crippen MR) is 109 cm³/mol. The second kappa shape index (κ2) is 7.15. The van der Waals surface area contributed by atoms with E-state index >= 15 is 0 Å². The van der Waals surface area contributed by atoms with Crippen molar-refractivity contribution in [3.8, 4) is 0 Å². The molecule has 1 amide bonds. The fourth-order valence-corrected chi connectivity index (χ4v) is 4.12. The Labute approximate surface area is 172 Å². The lowest BCUT2D eigenvalue weighted by atomic mass is 9.80. The van der Waals surface area contributed by atoms with Crippen LogP contribution < -0.4 is 0 Å². The fraction of sp³-hybridized carbons (Fsp3) is 0.609. The minimum absolute atomic E-state index is 0.00695. The van der Waals surface area contributed by atoms with Gasteiger partial charge in [-0.1, -0.05) is 12.2 Å². The van der Waals surface area contributed by atoms with Crippen LogP contribution in [0.3, 0.4) is 0 Å². The summed E-state index contributed by atoms with van der Waals surface area (Å²) >= 11 is 0. The molecule has 6 nitrogen and oxygen atoms in total. The van der Waals surface area contributed by atoms with Gasteiger partial charge in [-0.25, -0.2) is 4.79 Å². The number of piperidine rings is 1. The third-order valence-electron chi connectivity index (χ3n) is 5.84. The summed E-state index contributed by atoms with van der Waals surface area (Å²) in [6, 6.07) is 0. The molecule has 1 spiro atoms. The molecule has 0 saturated carbocycles. The highest BCUT2D eigenvalue weighted by atomic mass is 16.6. The molecule has 29 heavy (non-hydrogen) atoms. The first kappa shape index (κ1) is 21.3. The second-order valence-corrected chi connectivity index (χ2v) is 9.68. The number of hydrogen-bond acceptors (Lipinski definition) is 5. The number of aldehydes is 1. The number of ketones is 1. The Kier molecular flexibility index (Phi) is 5.26. The van der Waals surface area contributed by atoms with E-state index in [4.69, 9.17) is 9.47 Å². The van der Waals surface area contributed by atoms with Gasteiger partial charge in [-0.3, -0.25) is 4.79 Å². The first-order valence-corrected chi connectivity index (χ1v) is 10.2. The molecule has 3 rings (SSSR count). The highest BCUT2D eigenvalue weighted by Crippen LogP contribution is 2.44. The topological polar surface area (TPSA) is 72.9 Å². The molecule has 0 aromatic rings. The number of Topliss-reactive ketones (excluding diaryl/α,β-unsaturated/α-hetero) is 1. The molecule has 1 aliphatic carbocycles. The van der Waals surface area contributed by atoms with Crippen LogP contribution in [0.4, 0.5) is 4.79 Å². The summed E-state index contributed by atoms with van der Waals surface area (Å²) in [6.45, 7) is 12.1. The van der Waals surface area contributed by atoms with Crippen LogP contribution in [0.25, 0.3) is 0 Å². The number of nitrogens with zero attached hydrogens (tertiary/aromatic N) is 1. The van der Waals surface area contributed by atoms with Crippen LogP contribution in [0.1, 0.15) is 60.8 Å². The van der Waals surface area contributed by atoms with Gasteiger partial charge in [0.05, 0.1) is 17.4 Å². The van der Waals surface area contributed by atoms with Crippen molar-refractivity contribution in [3.05, 3.63) is 34.6 Å². The van der Waals surface area contributed by atoms with E-state index < -0.39 is 16.6 Å². The molecule has 2 aliphatic heterocycles. The van der Waals surface area contributed by atoms with Crippen molar-refractivity contribution in [1.82, 2.24) is 4.90 Å². The molecule has 2 saturated heterocycles. The van der Waals surface area contributed by atoms with Crippen LogP contribution in [0, 0.1) is 5.41 Å². The molecule has 1 atom stereocenters. The molecule has 0 bridgehead atoms. The minimum Gasteiger partial charge on any atom is -0.486 e. The molecule has 3 aliphatic rings. The average molecular weight is 402 g/mol. The molecular formula is C23H31NO5. The molecule has 2 heterocycles. The molecule has 1 unspecified atom stereocenters. The van der Waals surface area contributed by atoms with Crippen LogP contribution in [0.2, 0.25) is 0 Å². The molecular weight excluding hydrogens is 370 g/mol.